The summed E-state index contributed by atoms with van der Waals surface area (Å²) >= 11 is 0. The third kappa shape index (κ3) is 2.83. The number of anilines is 1. The Morgan fingerprint density at radius 1 is 1.00 bits per heavy atom. The first-order valence-corrected chi connectivity index (χ1v) is 7.30. The van der Waals surface area contributed by atoms with Crippen LogP contribution in [0.25, 0.3) is 5.82 Å². The summed E-state index contributed by atoms with van der Waals surface area (Å²) in [6.07, 6.45) is 1.82. The lowest BCUT2D eigenvalue weighted by Gasteiger charge is -2.13. The van der Waals surface area contributed by atoms with Crippen LogP contribution in [0.2, 0.25) is 0 Å². The molecule has 0 fully saturated rings. The van der Waals surface area contributed by atoms with Crippen LogP contribution in [-0.2, 0) is 6.54 Å². The first-order valence-electron chi connectivity index (χ1n) is 7.30. The van der Waals surface area contributed by atoms with E-state index in [-0.39, 0.29) is 0 Å². The molecule has 0 spiro atoms. The van der Waals surface area contributed by atoms with E-state index in [9.17, 15) is 0 Å². The number of aromatic nitrogens is 3. The van der Waals surface area contributed by atoms with Gasteiger partial charge in [0.25, 0.3) is 0 Å². The van der Waals surface area contributed by atoms with E-state index in [4.69, 9.17) is 10.5 Å². The summed E-state index contributed by atoms with van der Waals surface area (Å²) in [6, 6.07) is 13.7. The van der Waals surface area contributed by atoms with Crippen LogP contribution in [0.15, 0.2) is 48.7 Å². The smallest absolute Gasteiger partial charge is 0.135 e. The molecule has 2 heterocycles. The Hall–Kier alpha value is -2.69. The zero-order valence-corrected chi connectivity index (χ0v) is 12.9. The van der Waals surface area contributed by atoms with Gasteiger partial charge < -0.3 is 15.0 Å². The minimum absolute atomic E-state index is 0.554. The minimum Gasteiger partial charge on any atom is -0.492 e. The highest BCUT2D eigenvalue weighted by Crippen LogP contribution is 2.16. The van der Waals surface area contributed by atoms with Gasteiger partial charge in [-0.15, -0.1) is 0 Å². The van der Waals surface area contributed by atoms with Crippen molar-refractivity contribution < 1.29 is 4.74 Å². The molecule has 114 valence electrons. The van der Waals surface area contributed by atoms with E-state index in [1.807, 2.05) is 41.2 Å². The fourth-order valence-electron chi connectivity index (χ4n) is 2.53. The Bertz CT molecular complexity index is 736. The average molecular weight is 296 g/mol. The maximum atomic E-state index is 5.74. The van der Waals surface area contributed by atoms with Crippen molar-refractivity contribution in [2.75, 3.05) is 12.3 Å². The second-order valence-electron chi connectivity index (χ2n) is 5.28. The Morgan fingerprint density at radius 2 is 1.68 bits per heavy atom. The number of nitrogens with zero attached hydrogens (tertiary/aromatic N) is 3. The number of aryl methyl sites for hydroxylation is 2. The molecule has 3 rings (SSSR count). The molecule has 0 saturated carbocycles. The first kappa shape index (κ1) is 14.3. The van der Waals surface area contributed by atoms with E-state index in [0.717, 1.165) is 17.3 Å². The molecule has 0 saturated heterocycles. The van der Waals surface area contributed by atoms with E-state index in [1.54, 1.807) is 0 Å². The second kappa shape index (κ2) is 5.97. The van der Waals surface area contributed by atoms with Gasteiger partial charge in [0, 0.05) is 23.1 Å². The molecule has 0 aliphatic rings. The van der Waals surface area contributed by atoms with Crippen LogP contribution in [0.3, 0.4) is 0 Å². The largest absolute Gasteiger partial charge is 0.492 e. The molecule has 0 radical (unpaired) electrons. The number of ether oxygens (including phenoxy) is 1. The number of rotatable bonds is 5. The molecule has 3 aromatic rings. The van der Waals surface area contributed by atoms with Crippen LogP contribution in [0.1, 0.15) is 11.4 Å². The number of benzene rings is 1. The molecule has 0 atom stereocenters. The number of nitrogen functional groups attached to an aromatic ring is 1. The van der Waals surface area contributed by atoms with E-state index < -0.39 is 0 Å². The number of hydrogen-bond donors (Lipinski definition) is 1. The van der Waals surface area contributed by atoms with Crippen LogP contribution in [0, 0.1) is 13.8 Å². The third-order valence-corrected chi connectivity index (χ3v) is 3.65. The zero-order valence-electron chi connectivity index (χ0n) is 12.9. The SMILES string of the molecule is Cc1ccc(C)n1-c1ccnn1CCOc1ccc(N)cc1. The lowest BCUT2D eigenvalue weighted by atomic mass is 10.3. The number of hydrogen-bond acceptors (Lipinski definition) is 3. The molecule has 0 unspecified atom stereocenters. The normalized spacial score (nSPS) is 10.8. The molecule has 0 amide bonds. The highest BCUT2D eigenvalue weighted by atomic mass is 16.5. The molecular formula is C17H20N4O. The highest BCUT2D eigenvalue weighted by Gasteiger charge is 2.09. The summed E-state index contributed by atoms with van der Waals surface area (Å²) in [7, 11) is 0. The van der Waals surface area contributed by atoms with Gasteiger partial charge in [0.1, 0.15) is 18.2 Å². The van der Waals surface area contributed by atoms with Gasteiger partial charge in [-0.1, -0.05) is 0 Å². The fourth-order valence-corrected chi connectivity index (χ4v) is 2.53. The predicted octanol–water partition coefficient (Wildman–Crippen LogP) is 2.95. The molecule has 0 bridgehead atoms. The van der Waals surface area contributed by atoms with Crippen LogP contribution in [-0.4, -0.2) is 21.0 Å². The van der Waals surface area contributed by atoms with Crippen molar-refractivity contribution in [2.24, 2.45) is 0 Å². The summed E-state index contributed by atoms with van der Waals surface area (Å²) in [6.45, 7) is 5.42. The van der Waals surface area contributed by atoms with Gasteiger partial charge in [-0.2, -0.15) is 5.10 Å². The van der Waals surface area contributed by atoms with Crippen molar-refractivity contribution >= 4 is 5.69 Å². The van der Waals surface area contributed by atoms with Crippen LogP contribution in [0.4, 0.5) is 5.69 Å². The van der Waals surface area contributed by atoms with Crippen molar-refractivity contribution in [3.63, 3.8) is 0 Å². The van der Waals surface area contributed by atoms with Crippen molar-refractivity contribution in [3.8, 4) is 11.6 Å². The van der Waals surface area contributed by atoms with Gasteiger partial charge in [0.15, 0.2) is 0 Å². The van der Waals surface area contributed by atoms with Gasteiger partial charge >= 0.3 is 0 Å². The van der Waals surface area contributed by atoms with E-state index >= 15 is 0 Å². The molecule has 2 aromatic heterocycles. The Balaban J connectivity index is 1.69. The molecule has 1 aromatic carbocycles. The van der Waals surface area contributed by atoms with E-state index in [1.165, 1.54) is 11.4 Å². The van der Waals surface area contributed by atoms with Crippen molar-refractivity contribution in [3.05, 3.63) is 60.0 Å². The zero-order chi connectivity index (χ0) is 15.5. The molecule has 0 aliphatic carbocycles. The van der Waals surface area contributed by atoms with Crippen molar-refractivity contribution in [1.29, 1.82) is 0 Å². The van der Waals surface area contributed by atoms with Gasteiger partial charge in [-0.3, -0.25) is 0 Å². The van der Waals surface area contributed by atoms with Crippen molar-refractivity contribution in [1.82, 2.24) is 14.3 Å². The second-order valence-corrected chi connectivity index (χ2v) is 5.28. The molecule has 22 heavy (non-hydrogen) atoms. The summed E-state index contributed by atoms with van der Waals surface area (Å²) < 4.78 is 9.89. The molecule has 5 nitrogen and oxygen atoms in total. The standard InChI is InChI=1S/C17H20N4O/c1-13-3-4-14(2)21(13)17-9-10-19-20(17)11-12-22-16-7-5-15(18)6-8-16/h3-10H,11-12,18H2,1-2H3. The summed E-state index contributed by atoms with van der Waals surface area (Å²) in [5, 5.41) is 4.40. The maximum absolute atomic E-state index is 5.74. The highest BCUT2D eigenvalue weighted by molar-refractivity contribution is 5.41. The summed E-state index contributed by atoms with van der Waals surface area (Å²) in [5.74, 6) is 1.87. The van der Waals surface area contributed by atoms with E-state index in [2.05, 4.69) is 35.6 Å². The topological polar surface area (TPSA) is 58.0 Å². The van der Waals surface area contributed by atoms with Crippen molar-refractivity contribution in [2.45, 2.75) is 20.4 Å². The Morgan fingerprint density at radius 3 is 2.36 bits per heavy atom. The number of nitrogens with two attached hydrogens (primary N) is 1. The summed E-state index contributed by atoms with van der Waals surface area (Å²) in [4.78, 5) is 0. The molecule has 0 aliphatic heterocycles. The van der Waals surface area contributed by atoms with Gasteiger partial charge in [0.2, 0.25) is 0 Å². The minimum atomic E-state index is 0.554. The lowest BCUT2D eigenvalue weighted by molar-refractivity contribution is 0.290. The summed E-state index contributed by atoms with van der Waals surface area (Å²) in [5.41, 5.74) is 8.79. The van der Waals surface area contributed by atoms with E-state index in [0.29, 0.717) is 13.2 Å². The quantitative estimate of drug-likeness (QED) is 0.736. The first-order chi connectivity index (χ1) is 10.6. The van der Waals surface area contributed by atoms with Crippen LogP contribution < -0.4 is 10.5 Å². The maximum Gasteiger partial charge on any atom is 0.135 e. The van der Waals surface area contributed by atoms with Crippen LogP contribution >= 0.6 is 0 Å². The Labute approximate surface area is 129 Å². The lowest BCUT2D eigenvalue weighted by Crippen LogP contribution is -2.14. The molecule has 2 N–H and O–H groups in total. The van der Waals surface area contributed by atoms with Gasteiger partial charge in [0.05, 0.1) is 12.7 Å². The predicted molar refractivity (Wildman–Crippen MR) is 87.4 cm³/mol. The van der Waals surface area contributed by atoms with Gasteiger partial charge in [-0.25, -0.2) is 4.68 Å². The van der Waals surface area contributed by atoms with Crippen LogP contribution in [0.5, 0.6) is 5.75 Å². The average Bonchev–Trinajstić information content (AvgIpc) is 3.08. The monoisotopic (exact) mass is 296 g/mol. The Kier molecular flexibility index (Phi) is 3.87. The fraction of sp³-hybridized carbons (Fsp3) is 0.235. The third-order valence-electron chi connectivity index (χ3n) is 3.65. The molecule has 5 heteroatoms. The molecular weight excluding hydrogens is 276 g/mol. The van der Waals surface area contributed by atoms with Gasteiger partial charge in [-0.05, 0) is 50.2 Å².